The number of sulfonamides is 1. The smallest absolute Gasteiger partial charge is 0.251 e. The highest BCUT2D eigenvalue weighted by Crippen LogP contribution is 2.32. The predicted octanol–water partition coefficient (Wildman–Crippen LogP) is 2.77. The Balaban J connectivity index is 2.00. The number of hydrogen-bond acceptors (Lipinski definition) is 4. The van der Waals surface area contributed by atoms with Crippen LogP contribution >= 0.6 is 0 Å². The van der Waals surface area contributed by atoms with Crippen LogP contribution in [0.4, 0.5) is 5.69 Å². The van der Waals surface area contributed by atoms with Crippen LogP contribution in [0.2, 0.25) is 0 Å². The predicted molar refractivity (Wildman–Crippen MR) is 108 cm³/mol. The summed E-state index contributed by atoms with van der Waals surface area (Å²) in [6.45, 7) is 6.75. The van der Waals surface area contributed by atoms with Crippen LogP contribution in [0.5, 0.6) is 0 Å². The van der Waals surface area contributed by atoms with Gasteiger partial charge in [-0.3, -0.25) is 4.79 Å². The van der Waals surface area contributed by atoms with E-state index in [-0.39, 0.29) is 10.8 Å². The standard InChI is InChI=1S/C20H29N3O3S/c1-2-11-21-20(24)17-9-10-18(22-12-5-3-6-13-22)19(16-17)27(25,26)23-14-7-4-8-15-23/h2,9-10,16H,1,3-8,11-15H2,(H,21,24). The van der Waals surface area contributed by atoms with Crippen LogP contribution in [-0.2, 0) is 10.0 Å². The molecule has 27 heavy (non-hydrogen) atoms. The minimum Gasteiger partial charge on any atom is -0.370 e. The molecule has 6 nitrogen and oxygen atoms in total. The molecule has 2 fully saturated rings. The van der Waals surface area contributed by atoms with Crippen LogP contribution < -0.4 is 10.2 Å². The summed E-state index contributed by atoms with van der Waals surface area (Å²) >= 11 is 0. The van der Waals surface area contributed by atoms with Gasteiger partial charge in [-0.25, -0.2) is 8.42 Å². The fraction of sp³-hybridized carbons (Fsp3) is 0.550. The first kappa shape index (κ1) is 19.9. The average Bonchev–Trinajstić information content (AvgIpc) is 2.73. The van der Waals surface area contributed by atoms with Crippen LogP contribution in [-0.4, -0.2) is 51.4 Å². The Bertz CT molecular complexity index is 780. The van der Waals surface area contributed by atoms with Gasteiger partial charge in [-0.05, 0) is 50.3 Å². The van der Waals surface area contributed by atoms with Gasteiger partial charge in [-0.15, -0.1) is 6.58 Å². The molecule has 3 rings (SSSR count). The molecule has 0 radical (unpaired) electrons. The summed E-state index contributed by atoms with van der Waals surface area (Å²) in [7, 11) is -3.63. The second kappa shape index (κ2) is 8.89. The van der Waals surface area contributed by atoms with E-state index in [2.05, 4.69) is 16.8 Å². The molecule has 0 atom stereocenters. The molecular weight excluding hydrogens is 362 g/mol. The van der Waals surface area contributed by atoms with Crippen molar-refractivity contribution in [2.75, 3.05) is 37.6 Å². The maximum Gasteiger partial charge on any atom is 0.251 e. The van der Waals surface area contributed by atoms with Gasteiger partial charge in [0.1, 0.15) is 4.90 Å². The molecule has 1 amide bonds. The van der Waals surface area contributed by atoms with Crippen molar-refractivity contribution in [3.05, 3.63) is 36.4 Å². The molecule has 0 aromatic heterocycles. The molecule has 148 valence electrons. The summed E-state index contributed by atoms with van der Waals surface area (Å²) in [6.07, 6.45) is 7.73. The Labute approximate surface area is 162 Å². The lowest BCUT2D eigenvalue weighted by atomic mass is 10.1. The maximum absolute atomic E-state index is 13.4. The summed E-state index contributed by atoms with van der Waals surface area (Å²) in [5.74, 6) is -0.282. The number of nitrogens with zero attached hydrogens (tertiary/aromatic N) is 2. The topological polar surface area (TPSA) is 69.7 Å². The average molecular weight is 392 g/mol. The van der Waals surface area contributed by atoms with Gasteiger partial charge in [-0.2, -0.15) is 4.31 Å². The van der Waals surface area contributed by atoms with Crippen molar-refractivity contribution >= 4 is 21.6 Å². The van der Waals surface area contributed by atoms with Gasteiger partial charge in [0.05, 0.1) is 5.69 Å². The van der Waals surface area contributed by atoms with Crippen molar-refractivity contribution in [3.8, 4) is 0 Å². The van der Waals surface area contributed by atoms with Crippen LogP contribution in [0.25, 0.3) is 0 Å². The van der Waals surface area contributed by atoms with E-state index in [1.807, 2.05) is 0 Å². The fourth-order valence-electron chi connectivity index (χ4n) is 3.77. The fourth-order valence-corrected chi connectivity index (χ4v) is 5.52. The third-order valence-corrected chi connectivity index (χ3v) is 7.19. The highest BCUT2D eigenvalue weighted by atomic mass is 32.2. The van der Waals surface area contributed by atoms with Crippen molar-refractivity contribution in [2.45, 2.75) is 43.4 Å². The summed E-state index contributed by atoms with van der Waals surface area (Å²) in [6, 6.07) is 5.06. The van der Waals surface area contributed by atoms with E-state index < -0.39 is 10.0 Å². The molecule has 2 aliphatic heterocycles. The molecule has 0 aliphatic carbocycles. The minimum atomic E-state index is -3.63. The lowest BCUT2D eigenvalue weighted by Gasteiger charge is -2.33. The van der Waals surface area contributed by atoms with Crippen LogP contribution in [0, 0.1) is 0 Å². The van der Waals surface area contributed by atoms with Crippen molar-refractivity contribution in [1.82, 2.24) is 9.62 Å². The number of rotatable bonds is 6. The van der Waals surface area contributed by atoms with Crippen molar-refractivity contribution in [2.24, 2.45) is 0 Å². The first-order valence-electron chi connectivity index (χ1n) is 9.82. The number of nitrogens with one attached hydrogen (secondary N) is 1. The number of piperidine rings is 2. The number of anilines is 1. The second-order valence-electron chi connectivity index (χ2n) is 7.19. The van der Waals surface area contributed by atoms with Crippen LogP contribution in [0.1, 0.15) is 48.9 Å². The zero-order valence-corrected chi connectivity index (χ0v) is 16.6. The second-order valence-corrected chi connectivity index (χ2v) is 9.10. The van der Waals surface area contributed by atoms with Crippen LogP contribution in [0.3, 0.4) is 0 Å². The zero-order valence-electron chi connectivity index (χ0n) is 15.8. The first-order valence-corrected chi connectivity index (χ1v) is 11.3. The Hall–Kier alpha value is -1.86. The number of amides is 1. The summed E-state index contributed by atoms with van der Waals surface area (Å²) in [4.78, 5) is 14.8. The SMILES string of the molecule is C=CCNC(=O)c1ccc(N2CCCCC2)c(S(=O)(=O)N2CCCCC2)c1. The molecular formula is C20H29N3O3S. The summed E-state index contributed by atoms with van der Waals surface area (Å²) in [5.41, 5.74) is 1.09. The Morgan fingerprint density at radius 2 is 1.67 bits per heavy atom. The minimum absolute atomic E-state index is 0.262. The van der Waals surface area contributed by atoms with E-state index in [0.717, 1.165) is 50.9 Å². The van der Waals surface area contributed by atoms with Gasteiger partial charge in [0.15, 0.2) is 0 Å². The molecule has 0 bridgehead atoms. The molecule has 1 aromatic rings. The first-order chi connectivity index (χ1) is 13.0. The molecule has 0 unspecified atom stereocenters. The van der Waals surface area contributed by atoms with Crippen molar-refractivity contribution in [1.29, 1.82) is 0 Å². The largest absolute Gasteiger partial charge is 0.370 e. The van der Waals surface area contributed by atoms with Gasteiger partial charge >= 0.3 is 0 Å². The summed E-state index contributed by atoms with van der Waals surface area (Å²) in [5, 5.41) is 2.73. The molecule has 7 heteroatoms. The van der Waals surface area contributed by atoms with Gasteiger partial charge < -0.3 is 10.2 Å². The van der Waals surface area contributed by atoms with E-state index in [4.69, 9.17) is 0 Å². The lowest BCUT2D eigenvalue weighted by Crippen LogP contribution is -2.38. The summed E-state index contributed by atoms with van der Waals surface area (Å²) < 4.78 is 28.4. The van der Waals surface area contributed by atoms with Gasteiger partial charge in [0, 0.05) is 38.3 Å². The number of carbonyl (C=O) groups is 1. The monoisotopic (exact) mass is 391 g/mol. The molecule has 2 aliphatic rings. The number of hydrogen-bond donors (Lipinski definition) is 1. The third kappa shape index (κ3) is 4.52. The van der Waals surface area contributed by atoms with E-state index in [1.165, 1.54) is 6.42 Å². The molecule has 2 saturated heterocycles. The van der Waals surface area contributed by atoms with E-state index in [0.29, 0.717) is 25.2 Å². The van der Waals surface area contributed by atoms with Crippen molar-refractivity contribution < 1.29 is 13.2 Å². The van der Waals surface area contributed by atoms with Gasteiger partial charge in [0.2, 0.25) is 10.0 Å². The number of benzene rings is 1. The lowest BCUT2D eigenvalue weighted by molar-refractivity contribution is 0.0958. The molecule has 0 saturated carbocycles. The van der Waals surface area contributed by atoms with E-state index in [9.17, 15) is 13.2 Å². The van der Waals surface area contributed by atoms with E-state index in [1.54, 1.807) is 28.6 Å². The molecule has 2 heterocycles. The molecule has 0 spiro atoms. The highest BCUT2D eigenvalue weighted by Gasteiger charge is 2.31. The normalized spacial score (nSPS) is 18.9. The molecule has 1 aromatic carbocycles. The van der Waals surface area contributed by atoms with Crippen LogP contribution in [0.15, 0.2) is 35.7 Å². The molecule has 1 N–H and O–H groups in total. The Morgan fingerprint density at radius 3 is 2.30 bits per heavy atom. The van der Waals surface area contributed by atoms with Gasteiger partial charge in [-0.1, -0.05) is 12.5 Å². The highest BCUT2D eigenvalue weighted by molar-refractivity contribution is 7.89. The van der Waals surface area contributed by atoms with Gasteiger partial charge in [0.25, 0.3) is 5.91 Å². The number of carbonyl (C=O) groups excluding carboxylic acids is 1. The third-order valence-electron chi connectivity index (χ3n) is 5.26. The Kier molecular flexibility index (Phi) is 6.55. The quantitative estimate of drug-likeness (QED) is 0.757. The zero-order chi connectivity index (χ0) is 19.3. The Morgan fingerprint density at radius 1 is 1.04 bits per heavy atom. The van der Waals surface area contributed by atoms with E-state index >= 15 is 0 Å². The van der Waals surface area contributed by atoms with Crippen molar-refractivity contribution in [3.63, 3.8) is 0 Å². The maximum atomic E-state index is 13.4.